The predicted molar refractivity (Wildman–Crippen MR) is 85.9 cm³/mol. The first kappa shape index (κ1) is 19.8. The lowest BCUT2D eigenvalue weighted by atomic mass is 10.2. The van der Waals surface area contributed by atoms with E-state index in [1.165, 1.54) is 0 Å². The van der Waals surface area contributed by atoms with Gasteiger partial charge in [-0.05, 0) is 24.3 Å². The monoisotopic (exact) mass is 410 g/mol. The van der Waals surface area contributed by atoms with Crippen LogP contribution in [0.3, 0.4) is 0 Å². The summed E-state index contributed by atoms with van der Waals surface area (Å²) in [5, 5.41) is 3.15. The number of nitrogens with one attached hydrogen (secondary N) is 2. The van der Waals surface area contributed by atoms with Gasteiger partial charge in [-0.15, -0.1) is 0 Å². The second-order valence-corrected chi connectivity index (χ2v) is 5.47. The van der Waals surface area contributed by atoms with E-state index in [-0.39, 0.29) is 15.7 Å². The summed E-state index contributed by atoms with van der Waals surface area (Å²) >= 11 is 11.4. The zero-order chi connectivity index (χ0) is 19.4. The van der Waals surface area contributed by atoms with Gasteiger partial charge >= 0.3 is 12.6 Å². The number of carbonyl (C=O) groups is 2. The molecule has 0 aliphatic carbocycles. The van der Waals surface area contributed by atoms with Gasteiger partial charge in [0.25, 0.3) is 5.91 Å². The molecule has 0 aliphatic rings. The molecule has 0 heterocycles. The van der Waals surface area contributed by atoms with Gasteiger partial charge in [-0.3, -0.25) is 10.1 Å². The third kappa shape index (κ3) is 4.77. The van der Waals surface area contributed by atoms with Gasteiger partial charge in [0.2, 0.25) is 0 Å². The summed E-state index contributed by atoms with van der Waals surface area (Å²) in [5.74, 6) is -4.14. The van der Waals surface area contributed by atoms with Crippen molar-refractivity contribution < 1.29 is 31.9 Å². The molecule has 138 valence electrons. The molecule has 3 amide bonds. The standard InChI is InChI=1S/C15H8Cl2F4N2O3/c16-7-4-6(5-8(17)12(7)26-14(20)21)22-15(25)23-13(24)11-9(18)2-1-3-10(11)19/h1-5,14H,(H2,22,23,24,25). The summed E-state index contributed by atoms with van der Waals surface area (Å²) in [6.45, 7) is -3.17. The van der Waals surface area contributed by atoms with Crippen LogP contribution in [0.4, 0.5) is 28.0 Å². The molecule has 5 nitrogen and oxygen atoms in total. The number of amides is 3. The Labute approximate surface area is 153 Å². The maximum absolute atomic E-state index is 13.5. The van der Waals surface area contributed by atoms with Crippen molar-refractivity contribution in [2.45, 2.75) is 6.61 Å². The minimum Gasteiger partial charge on any atom is -0.432 e. The first-order chi connectivity index (χ1) is 12.2. The van der Waals surface area contributed by atoms with Crippen LogP contribution in [-0.4, -0.2) is 18.5 Å². The number of hydrogen-bond donors (Lipinski definition) is 2. The van der Waals surface area contributed by atoms with E-state index in [0.717, 1.165) is 30.3 Å². The molecule has 0 saturated carbocycles. The van der Waals surface area contributed by atoms with Gasteiger partial charge in [-0.1, -0.05) is 29.3 Å². The maximum atomic E-state index is 13.5. The summed E-state index contributed by atoms with van der Waals surface area (Å²) in [6.07, 6.45) is 0. The van der Waals surface area contributed by atoms with E-state index >= 15 is 0 Å². The second-order valence-electron chi connectivity index (χ2n) is 4.65. The third-order valence-electron chi connectivity index (χ3n) is 2.88. The topological polar surface area (TPSA) is 67.4 Å². The zero-order valence-electron chi connectivity index (χ0n) is 12.5. The molecule has 0 bridgehead atoms. The molecule has 2 N–H and O–H groups in total. The predicted octanol–water partition coefficient (Wildman–Crippen LogP) is 4.83. The number of urea groups is 1. The van der Waals surface area contributed by atoms with Crippen LogP contribution in [-0.2, 0) is 0 Å². The highest BCUT2D eigenvalue weighted by molar-refractivity contribution is 6.37. The van der Waals surface area contributed by atoms with Crippen molar-refractivity contribution in [3.8, 4) is 5.75 Å². The quantitative estimate of drug-likeness (QED) is 0.709. The Bertz CT molecular complexity index is 822. The molecule has 2 aromatic rings. The van der Waals surface area contributed by atoms with E-state index in [1.807, 2.05) is 0 Å². The zero-order valence-corrected chi connectivity index (χ0v) is 14.0. The third-order valence-corrected chi connectivity index (χ3v) is 3.44. The number of alkyl halides is 2. The summed E-state index contributed by atoms with van der Waals surface area (Å²) < 4.78 is 55.6. The molecule has 26 heavy (non-hydrogen) atoms. The molecular formula is C15H8Cl2F4N2O3. The van der Waals surface area contributed by atoms with Crippen molar-refractivity contribution >= 4 is 40.8 Å². The number of anilines is 1. The number of imide groups is 1. The van der Waals surface area contributed by atoms with E-state index in [2.05, 4.69) is 10.1 Å². The van der Waals surface area contributed by atoms with Crippen molar-refractivity contribution in [2.75, 3.05) is 5.32 Å². The average molecular weight is 411 g/mol. The summed E-state index contributed by atoms with van der Waals surface area (Å²) in [7, 11) is 0. The second kappa shape index (κ2) is 8.24. The van der Waals surface area contributed by atoms with Crippen LogP contribution in [0, 0.1) is 11.6 Å². The highest BCUT2D eigenvalue weighted by Gasteiger charge is 2.20. The molecule has 0 atom stereocenters. The fraction of sp³-hybridized carbons (Fsp3) is 0.0667. The molecule has 0 spiro atoms. The fourth-order valence-corrected chi connectivity index (χ4v) is 2.45. The molecule has 11 heteroatoms. The normalized spacial score (nSPS) is 10.6. The van der Waals surface area contributed by atoms with E-state index in [9.17, 15) is 27.2 Å². The lowest BCUT2D eigenvalue weighted by molar-refractivity contribution is -0.0497. The van der Waals surface area contributed by atoms with Crippen molar-refractivity contribution in [1.82, 2.24) is 5.32 Å². The highest BCUT2D eigenvalue weighted by atomic mass is 35.5. The van der Waals surface area contributed by atoms with Crippen LogP contribution < -0.4 is 15.4 Å². The van der Waals surface area contributed by atoms with Gasteiger partial charge < -0.3 is 10.1 Å². The Hall–Kier alpha value is -2.52. The smallest absolute Gasteiger partial charge is 0.387 e. The first-order valence-electron chi connectivity index (χ1n) is 6.69. The van der Waals surface area contributed by atoms with Crippen molar-refractivity contribution in [3.63, 3.8) is 0 Å². The molecule has 2 rings (SSSR count). The first-order valence-corrected chi connectivity index (χ1v) is 7.45. The van der Waals surface area contributed by atoms with Gasteiger partial charge in [0.05, 0.1) is 10.0 Å². The van der Waals surface area contributed by atoms with Crippen LogP contribution in [0.15, 0.2) is 30.3 Å². The van der Waals surface area contributed by atoms with Crippen LogP contribution in [0.1, 0.15) is 10.4 Å². The average Bonchev–Trinajstić information content (AvgIpc) is 2.50. The molecule has 2 aromatic carbocycles. The molecule has 0 unspecified atom stereocenters. The lowest BCUT2D eigenvalue weighted by Crippen LogP contribution is -2.35. The largest absolute Gasteiger partial charge is 0.432 e. The van der Waals surface area contributed by atoms with Crippen LogP contribution in [0.2, 0.25) is 10.0 Å². The summed E-state index contributed by atoms with van der Waals surface area (Å²) in [5.41, 5.74) is -1.03. The van der Waals surface area contributed by atoms with Gasteiger partial charge in [-0.25, -0.2) is 13.6 Å². The Morgan fingerprint density at radius 2 is 1.58 bits per heavy atom. The minimum atomic E-state index is -3.17. The molecule has 0 saturated heterocycles. The number of carbonyl (C=O) groups excluding carboxylic acids is 2. The van der Waals surface area contributed by atoms with Crippen LogP contribution in [0.25, 0.3) is 0 Å². The Kier molecular flexibility index (Phi) is 6.27. The summed E-state index contributed by atoms with van der Waals surface area (Å²) in [4.78, 5) is 23.6. The minimum absolute atomic E-state index is 0.0825. The van der Waals surface area contributed by atoms with Crippen molar-refractivity contribution in [3.05, 3.63) is 57.6 Å². The lowest BCUT2D eigenvalue weighted by Gasteiger charge is -2.12. The van der Waals surface area contributed by atoms with Gasteiger partial charge in [0, 0.05) is 5.69 Å². The van der Waals surface area contributed by atoms with Crippen molar-refractivity contribution in [2.24, 2.45) is 0 Å². The molecular weight excluding hydrogens is 403 g/mol. The number of hydrogen-bond acceptors (Lipinski definition) is 3. The van der Waals surface area contributed by atoms with E-state index in [1.54, 1.807) is 5.32 Å². The SMILES string of the molecule is O=C(NC(=O)c1c(F)cccc1F)Nc1cc(Cl)c(OC(F)F)c(Cl)c1. The van der Waals surface area contributed by atoms with E-state index in [0.29, 0.717) is 0 Å². The molecule has 0 fully saturated rings. The van der Waals surface area contributed by atoms with Gasteiger partial charge in [0.1, 0.15) is 17.2 Å². The van der Waals surface area contributed by atoms with Crippen LogP contribution in [0.5, 0.6) is 5.75 Å². The number of halogens is 6. The number of benzene rings is 2. The number of rotatable bonds is 4. The number of ether oxygens (including phenoxy) is 1. The van der Waals surface area contributed by atoms with Crippen LogP contribution >= 0.6 is 23.2 Å². The molecule has 0 radical (unpaired) electrons. The summed E-state index contributed by atoms with van der Waals surface area (Å²) in [6, 6.07) is 3.63. The Morgan fingerprint density at radius 3 is 2.08 bits per heavy atom. The van der Waals surface area contributed by atoms with Crippen molar-refractivity contribution in [1.29, 1.82) is 0 Å². The molecule has 0 aliphatic heterocycles. The maximum Gasteiger partial charge on any atom is 0.387 e. The Morgan fingerprint density at radius 1 is 1.04 bits per heavy atom. The van der Waals surface area contributed by atoms with E-state index in [4.69, 9.17) is 23.2 Å². The highest BCUT2D eigenvalue weighted by Crippen LogP contribution is 2.36. The van der Waals surface area contributed by atoms with E-state index < -0.39 is 41.5 Å². The fourth-order valence-electron chi connectivity index (χ4n) is 1.88. The van der Waals surface area contributed by atoms with Gasteiger partial charge in [0.15, 0.2) is 5.75 Å². The van der Waals surface area contributed by atoms with Gasteiger partial charge in [-0.2, -0.15) is 8.78 Å². The Balaban J connectivity index is 2.12. The molecule has 0 aromatic heterocycles.